The normalized spacial score (nSPS) is 10.9. The van der Waals surface area contributed by atoms with Gasteiger partial charge in [-0.1, -0.05) is 13.3 Å². The van der Waals surface area contributed by atoms with E-state index in [0.717, 1.165) is 25.9 Å². The summed E-state index contributed by atoms with van der Waals surface area (Å²) in [5, 5.41) is 0. The molecule has 1 aromatic heterocycles. The maximum atomic E-state index is 12.5. The second kappa shape index (κ2) is 6.47. The second-order valence-electron chi connectivity index (χ2n) is 4.90. The molecule has 0 saturated heterocycles. The fraction of sp³-hybridized carbons (Fsp3) is 0.643. The number of anilines is 1. The summed E-state index contributed by atoms with van der Waals surface area (Å²) in [5.74, 6) is 0.0800. The standard InChI is InChI=1S/C14H25N3O/c1-5-7-8-16(6-2)14(18)13-9-12(15)10-17(13)11(3)4/h9-11H,5-8,15H2,1-4H3. The Morgan fingerprint density at radius 1 is 1.44 bits per heavy atom. The topological polar surface area (TPSA) is 51.3 Å². The molecule has 2 N–H and O–H groups in total. The van der Waals surface area contributed by atoms with Gasteiger partial charge in [0.15, 0.2) is 0 Å². The summed E-state index contributed by atoms with van der Waals surface area (Å²) < 4.78 is 1.95. The van der Waals surface area contributed by atoms with E-state index >= 15 is 0 Å². The van der Waals surface area contributed by atoms with Crippen LogP contribution in [0.1, 0.15) is 57.1 Å². The molecule has 0 bridgehead atoms. The zero-order valence-corrected chi connectivity index (χ0v) is 11.9. The van der Waals surface area contributed by atoms with Crippen molar-refractivity contribution in [3.63, 3.8) is 0 Å². The monoisotopic (exact) mass is 251 g/mol. The Balaban J connectivity index is 2.94. The van der Waals surface area contributed by atoms with Gasteiger partial charge in [0.2, 0.25) is 0 Å². The van der Waals surface area contributed by atoms with Crippen LogP contribution in [0.15, 0.2) is 12.3 Å². The van der Waals surface area contributed by atoms with Crippen LogP contribution in [0.3, 0.4) is 0 Å². The first-order valence-electron chi connectivity index (χ1n) is 6.77. The maximum Gasteiger partial charge on any atom is 0.270 e. The van der Waals surface area contributed by atoms with Gasteiger partial charge in [-0.25, -0.2) is 0 Å². The van der Waals surface area contributed by atoms with Crippen molar-refractivity contribution in [1.29, 1.82) is 0 Å². The van der Waals surface area contributed by atoms with E-state index < -0.39 is 0 Å². The molecular weight excluding hydrogens is 226 g/mol. The molecule has 18 heavy (non-hydrogen) atoms. The van der Waals surface area contributed by atoms with Crippen LogP contribution in [0.4, 0.5) is 5.69 Å². The lowest BCUT2D eigenvalue weighted by Gasteiger charge is -2.22. The molecule has 4 heteroatoms. The predicted molar refractivity (Wildman–Crippen MR) is 75.7 cm³/mol. The lowest BCUT2D eigenvalue weighted by Crippen LogP contribution is -2.33. The number of rotatable bonds is 6. The summed E-state index contributed by atoms with van der Waals surface area (Å²) in [4.78, 5) is 14.4. The molecule has 0 aliphatic carbocycles. The van der Waals surface area contributed by atoms with Crippen LogP contribution in [0.2, 0.25) is 0 Å². The molecule has 0 saturated carbocycles. The number of carbonyl (C=O) groups excluding carboxylic acids is 1. The number of hydrogen-bond donors (Lipinski definition) is 1. The summed E-state index contributed by atoms with van der Waals surface area (Å²) in [5.41, 5.74) is 7.15. The van der Waals surface area contributed by atoms with E-state index in [2.05, 4.69) is 20.8 Å². The lowest BCUT2D eigenvalue weighted by atomic mass is 10.2. The molecule has 0 aliphatic rings. The quantitative estimate of drug-likeness (QED) is 0.845. The zero-order chi connectivity index (χ0) is 13.7. The van der Waals surface area contributed by atoms with Crippen molar-refractivity contribution in [3.05, 3.63) is 18.0 Å². The average Bonchev–Trinajstić information content (AvgIpc) is 2.72. The highest BCUT2D eigenvalue weighted by atomic mass is 16.2. The molecule has 0 aliphatic heterocycles. The van der Waals surface area contributed by atoms with Gasteiger partial charge in [0.1, 0.15) is 5.69 Å². The Hall–Kier alpha value is -1.45. The molecule has 0 unspecified atom stereocenters. The van der Waals surface area contributed by atoms with Crippen molar-refractivity contribution in [2.75, 3.05) is 18.8 Å². The van der Waals surface area contributed by atoms with Gasteiger partial charge in [-0.3, -0.25) is 4.79 Å². The Labute approximate surface area is 110 Å². The maximum absolute atomic E-state index is 12.5. The Bertz CT molecular complexity index is 396. The number of nitrogen functional groups attached to an aromatic ring is 1. The summed E-state index contributed by atoms with van der Waals surface area (Å²) >= 11 is 0. The smallest absolute Gasteiger partial charge is 0.270 e. The van der Waals surface area contributed by atoms with Gasteiger partial charge in [-0.05, 0) is 33.3 Å². The fourth-order valence-corrected chi connectivity index (χ4v) is 2.01. The Kier molecular flexibility index (Phi) is 5.25. The molecule has 102 valence electrons. The van der Waals surface area contributed by atoms with Gasteiger partial charge < -0.3 is 15.2 Å². The minimum absolute atomic E-state index is 0.0800. The molecule has 4 nitrogen and oxygen atoms in total. The molecule has 1 rings (SSSR count). The third kappa shape index (κ3) is 3.28. The molecule has 1 aromatic rings. The van der Waals surface area contributed by atoms with Crippen molar-refractivity contribution in [2.45, 2.75) is 46.6 Å². The molecule has 0 spiro atoms. The third-order valence-electron chi connectivity index (χ3n) is 3.10. The number of hydrogen-bond acceptors (Lipinski definition) is 2. The van der Waals surface area contributed by atoms with Crippen LogP contribution in [0.5, 0.6) is 0 Å². The fourth-order valence-electron chi connectivity index (χ4n) is 2.01. The highest BCUT2D eigenvalue weighted by Crippen LogP contribution is 2.18. The zero-order valence-electron chi connectivity index (χ0n) is 11.9. The first-order valence-corrected chi connectivity index (χ1v) is 6.77. The second-order valence-corrected chi connectivity index (χ2v) is 4.90. The molecule has 0 fully saturated rings. The number of amides is 1. The van der Waals surface area contributed by atoms with E-state index in [1.807, 2.05) is 22.6 Å². The number of nitrogens with two attached hydrogens (primary N) is 1. The number of nitrogens with zero attached hydrogens (tertiary/aromatic N) is 2. The van der Waals surface area contributed by atoms with Crippen molar-refractivity contribution < 1.29 is 4.79 Å². The number of aromatic nitrogens is 1. The van der Waals surface area contributed by atoms with Crippen LogP contribution < -0.4 is 5.73 Å². The van der Waals surface area contributed by atoms with Gasteiger partial charge in [0.25, 0.3) is 5.91 Å². The Morgan fingerprint density at radius 2 is 2.11 bits per heavy atom. The van der Waals surface area contributed by atoms with E-state index in [4.69, 9.17) is 5.73 Å². The highest BCUT2D eigenvalue weighted by molar-refractivity contribution is 5.93. The Morgan fingerprint density at radius 3 is 2.61 bits per heavy atom. The van der Waals surface area contributed by atoms with E-state index in [9.17, 15) is 4.79 Å². The summed E-state index contributed by atoms with van der Waals surface area (Å²) in [6.45, 7) is 9.81. The van der Waals surface area contributed by atoms with Crippen LogP contribution in [0.25, 0.3) is 0 Å². The first kappa shape index (κ1) is 14.6. The average molecular weight is 251 g/mol. The number of unbranched alkanes of at least 4 members (excludes halogenated alkanes) is 1. The van der Waals surface area contributed by atoms with Crippen LogP contribution in [-0.2, 0) is 0 Å². The minimum Gasteiger partial charge on any atom is -0.397 e. The van der Waals surface area contributed by atoms with E-state index in [1.165, 1.54) is 0 Å². The van der Waals surface area contributed by atoms with Crippen molar-refractivity contribution >= 4 is 11.6 Å². The molecule has 1 amide bonds. The molecular formula is C14H25N3O. The van der Waals surface area contributed by atoms with Crippen molar-refractivity contribution in [3.8, 4) is 0 Å². The minimum atomic E-state index is 0.0800. The van der Waals surface area contributed by atoms with E-state index in [1.54, 1.807) is 6.07 Å². The first-order chi connectivity index (χ1) is 8.51. The highest BCUT2D eigenvalue weighted by Gasteiger charge is 2.19. The van der Waals surface area contributed by atoms with E-state index in [-0.39, 0.29) is 11.9 Å². The van der Waals surface area contributed by atoms with Crippen LogP contribution in [0, 0.1) is 0 Å². The molecule has 0 aromatic carbocycles. The van der Waals surface area contributed by atoms with Crippen LogP contribution >= 0.6 is 0 Å². The largest absolute Gasteiger partial charge is 0.397 e. The summed E-state index contributed by atoms with van der Waals surface area (Å²) in [6.07, 6.45) is 3.97. The molecule has 0 radical (unpaired) electrons. The van der Waals surface area contributed by atoms with Crippen molar-refractivity contribution in [2.24, 2.45) is 0 Å². The summed E-state index contributed by atoms with van der Waals surface area (Å²) in [6, 6.07) is 2.02. The predicted octanol–water partition coefficient (Wildman–Crippen LogP) is 2.91. The molecule has 1 heterocycles. The lowest BCUT2D eigenvalue weighted by molar-refractivity contribution is 0.0750. The van der Waals surface area contributed by atoms with Gasteiger partial charge in [-0.15, -0.1) is 0 Å². The van der Waals surface area contributed by atoms with Gasteiger partial charge in [0, 0.05) is 25.3 Å². The number of carbonyl (C=O) groups is 1. The van der Waals surface area contributed by atoms with Gasteiger partial charge >= 0.3 is 0 Å². The van der Waals surface area contributed by atoms with Crippen molar-refractivity contribution in [1.82, 2.24) is 9.47 Å². The van der Waals surface area contributed by atoms with Crippen LogP contribution in [-0.4, -0.2) is 28.5 Å². The van der Waals surface area contributed by atoms with Gasteiger partial charge in [-0.2, -0.15) is 0 Å². The summed E-state index contributed by atoms with van der Waals surface area (Å²) in [7, 11) is 0. The van der Waals surface area contributed by atoms with Gasteiger partial charge in [0.05, 0.1) is 5.69 Å². The SMILES string of the molecule is CCCCN(CC)C(=O)c1cc(N)cn1C(C)C. The molecule has 0 atom stereocenters. The van der Waals surface area contributed by atoms with E-state index in [0.29, 0.717) is 11.4 Å². The third-order valence-corrected chi connectivity index (χ3v) is 3.10.